The van der Waals surface area contributed by atoms with Gasteiger partial charge >= 0.3 is 0 Å². The maximum Gasteiger partial charge on any atom is 0.256 e. The molecule has 5 N–H and O–H groups in total. The van der Waals surface area contributed by atoms with Gasteiger partial charge in [-0.3, -0.25) is 4.79 Å². The number of nitrogens with two attached hydrogens (primary N) is 1. The second-order valence-corrected chi connectivity index (χ2v) is 7.96. The number of nitrogens with one attached hydrogen (secondary N) is 3. The zero-order valence-electron chi connectivity index (χ0n) is 18.5. The predicted molar refractivity (Wildman–Crippen MR) is 119 cm³/mol. The summed E-state index contributed by atoms with van der Waals surface area (Å²) < 4.78 is 19.4. The molecule has 0 saturated carbocycles. The van der Waals surface area contributed by atoms with E-state index in [1.807, 2.05) is 0 Å². The topological polar surface area (TPSA) is 101 Å². The molecule has 0 fully saturated rings. The van der Waals surface area contributed by atoms with Crippen molar-refractivity contribution in [2.45, 2.75) is 52.4 Å². The van der Waals surface area contributed by atoms with Crippen LogP contribution in [-0.2, 0) is 4.74 Å². The fraction of sp³-hybridized carbons (Fsp3) is 0.545. The molecule has 3 atom stereocenters. The van der Waals surface area contributed by atoms with Crippen molar-refractivity contribution in [2.24, 2.45) is 11.7 Å². The summed E-state index contributed by atoms with van der Waals surface area (Å²) >= 11 is 0. The predicted octanol–water partition coefficient (Wildman–Crippen LogP) is 2.86. The molecule has 2 rings (SSSR count). The summed E-state index contributed by atoms with van der Waals surface area (Å²) in [7, 11) is 1.67. The number of anilines is 1. The van der Waals surface area contributed by atoms with Gasteiger partial charge in [-0.15, -0.1) is 0 Å². The minimum Gasteiger partial charge on any atom is -0.378 e. The third-order valence-electron chi connectivity index (χ3n) is 4.83. The molecule has 0 saturated heterocycles. The average molecular weight is 420 g/mol. The van der Waals surface area contributed by atoms with Gasteiger partial charge in [0.2, 0.25) is 0 Å². The maximum absolute atomic E-state index is 13.7. The van der Waals surface area contributed by atoms with Gasteiger partial charge in [-0.2, -0.15) is 0 Å². The number of pyridine rings is 1. The van der Waals surface area contributed by atoms with Gasteiger partial charge in [0.15, 0.2) is 0 Å². The summed E-state index contributed by atoms with van der Waals surface area (Å²) in [5.74, 6) is 0.166. The Balaban J connectivity index is 2.29. The molecule has 0 bridgehead atoms. The summed E-state index contributed by atoms with van der Waals surface area (Å²) in [5, 5.41) is 10.1. The Morgan fingerprint density at radius 2 is 1.97 bits per heavy atom. The van der Waals surface area contributed by atoms with Gasteiger partial charge in [-0.05, 0) is 44.0 Å². The van der Waals surface area contributed by atoms with Crippen LogP contribution in [0.15, 0.2) is 24.3 Å². The van der Waals surface area contributed by atoms with Crippen LogP contribution in [0.5, 0.6) is 0 Å². The van der Waals surface area contributed by atoms with Crippen molar-refractivity contribution in [2.75, 3.05) is 25.5 Å². The lowest BCUT2D eigenvalue weighted by atomic mass is 10.1. The highest BCUT2D eigenvalue weighted by Gasteiger charge is 2.22. The van der Waals surface area contributed by atoms with E-state index in [1.165, 1.54) is 12.1 Å². The molecule has 1 unspecified atom stereocenters. The van der Waals surface area contributed by atoms with Crippen LogP contribution < -0.4 is 21.7 Å². The minimum atomic E-state index is -0.509. The average Bonchev–Trinajstić information content (AvgIpc) is 2.68. The van der Waals surface area contributed by atoms with Crippen LogP contribution >= 0.6 is 0 Å². The Labute approximate surface area is 178 Å². The van der Waals surface area contributed by atoms with Crippen molar-refractivity contribution in [1.29, 1.82) is 0 Å². The van der Waals surface area contributed by atoms with Crippen molar-refractivity contribution in [1.82, 2.24) is 15.6 Å². The van der Waals surface area contributed by atoms with E-state index in [1.54, 1.807) is 26.2 Å². The molecular formula is C22H34FN5O2. The number of benzene rings is 1. The molecule has 0 aliphatic rings. The van der Waals surface area contributed by atoms with Gasteiger partial charge < -0.3 is 26.4 Å². The Morgan fingerprint density at radius 3 is 2.57 bits per heavy atom. The molecule has 1 amide bonds. The van der Waals surface area contributed by atoms with Gasteiger partial charge in [0.1, 0.15) is 11.6 Å². The second kappa shape index (κ2) is 11.2. The van der Waals surface area contributed by atoms with Crippen LogP contribution in [0.3, 0.4) is 0 Å². The van der Waals surface area contributed by atoms with E-state index >= 15 is 0 Å². The molecule has 1 aromatic heterocycles. The van der Waals surface area contributed by atoms with Crippen LogP contribution in [-0.4, -0.2) is 49.4 Å². The molecule has 0 aliphatic heterocycles. The number of carbonyl (C=O) groups excluding carboxylic acids is 1. The largest absolute Gasteiger partial charge is 0.378 e. The normalized spacial score (nSPS) is 14.5. The fourth-order valence-corrected chi connectivity index (χ4v) is 3.25. The van der Waals surface area contributed by atoms with E-state index < -0.39 is 6.17 Å². The van der Waals surface area contributed by atoms with Crippen LogP contribution in [0.2, 0.25) is 0 Å². The first-order valence-corrected chi connectivity index (χ1v) is 10.4. The Morgan fingerprint density at radius 1 is 1.23 bits per heavy atom. The van der Waals surface area contributed by atoms with Gasteiger partial charge in [-0.25, -0.2) is 9.37 Å². The van der Waals surface area contributed by atoms with Crippen molar-refractivity contribution in [3.05, 3.63) is 35.6 Å². The first kappa shape index (κ1) is 24.0. The Hall–Kier alpha value is -2.29. The first-order chi connectivity index (χ1) is 14.2. The van der Waals surface area contributed by atoms with Crippen LogP contribution in [0.25, 0.3) is 10.9 Å². The lowest BCUT2D eigenvalue weighted by molar-refractivity contribution is 0.0756. The van der Waals surface area contributed by atoms with E-state index in [9.17, 15) is 9.18 Å². The minimum absolute atomic E-state index is 0.136. The van der Waals surface area contributed by atoms with Crippen molar-refractivity contribution in [3.63, 3.8) is 0 Å². The molecule has 0 spiro atoms. The highest BCUT2D eigenvalue weighted by atomic mass is 19.1. The zero-order chi connectivity index (χ0) is 22.3. The third-order valence-corrected chi connectivity index (χ3v) is 4.83. The smallest absolute Gasteiger partial charge is 0.256 e. The maximum atomic E-state index is 13.7. The Kier molecular flexibility index (Phi) is 8.95. The summed E-state index contributed by atoms with van der Waals surface area (Å²) in [6, 6.07) is 6.13. The van der Waals surface area contributed by atoms with E-state index in [0.29, 0.717) is 34.7 Å². The van der Waals surface area contributed by atoms with Crippen molar-refractivity contribution < 1.29 is 13.9 Å². The highest BCUT2D eigenvalue weighted by Crippen LogP contribution is 2.22. The molecule has 8 heteroatoms. The van der Waals surface area contributed by atoms with E-state index in [4.69, 9.17) is 10.5 Å². The SMILES string of the molecule is CC[C@@H](NCC(C)C)[C@H](CNc1nc2cc(F)ccc2cc1C(=O)NC(C)N)OC. The number of fused-ring (bicyclic) bond motifs is 1. The standard InChI is InChI=1S/C22H34FN5O2/c1-6-18(25-11-13(2)3)20(30-5)12-26-21-17(22(29)27-14(4)24)9-15-7-8-16(23)10-19(15)28-21/h7-10,13-14,18,20,25H,6,11-12,24H2,1-5H3,(H,26,28)(H,27,29)/t14?,18-,20+/m1/s1. The Bertz CT molecular complexity index is 844. The molecule has 2 aromatic rings. The van der Waals surface area contributed by atoms with Gasteiger partial charge in [-0.1, -0.05) is 20.8 Å². The van der Waals surface area contributed by atoms with Gasteiger partial charge in [0.05, 0.1) is 23.3 Å². The molecule has 166 valence electrons. The van der Waals surface area contributed by atoms with E-state index in [0.717, 1.165) is 13.0 Å². The quantitative estimate of drug-likeness (QED) is 0.418. The molecule has 0 radical (unpaired) electrons. The molecule has 0 aliphatic carbocycles. The number of methoxy groups -OCH3 is 1. The van der Waals surface area contributed by atoms with Gasteiger partial charge in [0, 0.05) is 31.1 Å². The lowest BCUT2D eigenvalue weighted by Gasteiger charge is -2.27. The monoisotopic (exact) mass is 419 g/mol. The van der Waals surface area contributed by atoms with Crippen LogP contribution in [0, 0.1) is 11.7 Å². The number of rotatable bonds is 11. The fourth-order valence-electron chi connectivity index (χ4n) is 3.25. The summed E-state index contributed by atoms with van der Waals surface area (Å²) in [6.07, 6.45) is 0.246. The van der Waals surface area contributed by atoms with Crippen molar-refractivity contribution in [3.8, 4) is 0 Å². The summed E-state index contributed by atoms with van der Waals surface area (Å²) in [4.78, 5) is 17.2. The molecule has 1 heterocycles. The number of halogens is 1. The number of hydrogen-bond acceptors (Lipinski definition) is 6. The van der Waals surface area contributed by atoms with Crippen LogP contribution in [0.4, 0.5) is 10.2 Å². The number of amides is 1. The van der Waals surface area contributed by atoms with E-state index in [-0.39, 0.29) is 23.9 Å². The number of hydrogen-bond donors (Lipinski definition) is 4. The zero-order valence-corrected chi connectivity index (χ0v) is 18.5. The highest BCUT2D eigenvalue weighted by molar-refractivity contribution is 6.02. The molecule has 1 aromatic carbocycles. The molecule has 7 nitrogen and oxygen atoms in total. The van der Waals surface area contributed by atoms with Crippen LogP contribution in [0.1, 0.15) is 44.5 Å². The number of carbonyl (C=O) groups is 1. The third kappa shape index (κ3) is 6.62. The number of ether oxygens (including phenoxy) is 1. The van der Waals surface area contributed by atoms with E-state index in [2.05, 4.69) is 41.7 Å². The van der Waals surface area contributed by atoms with Crippen molar-refractivity contribution >= 4 is 22.6 Å². The molecular weight excluding hydrogens is 385 g/mol. The summed E-state index contributed by atoms with van der Waals surface area (Å²) in [5.41, 5.74) is 6.54. The first-order valence-electron chi connectivity index (χ1n) is 10.4. The number of nitrogens with zero attached hydrogens (tertiary/aromatic N) is 1. The summed E-state index contributed by atoms with van der Waals surface area (Å²) in [6.45, 7) is 9.41. The second-order valence-electron chi connectivity index (χ2n) is 7.96. The molecule has 30 heavy (non-hydrogen) atoms. The lowest BCUT2D eigenvalue weighted by Crippen LogP contribution is -2.45. The van der Waals surface area contributed by atoms with Gasteiger partial charge in [0.25, 0.3) is 5.91 Å². The number of aromatic nitrogens is 1.